The van der Waals surface area contributed by atoms with Crippen LogP contribution in [0.5, 0.6) is 5.75 Å². The SMILES string of the molecule is CCCCCOc1cccn2c(C(=O)OCC)c(C)nc12. The van der Waals surface area contributed by atoms with Crippen LogP contribution in [0.3, 0.4) is 0 Å². The van der Waals surface area contributed by atoms with Crippen molar-refractivity contribution in [1.82, 2.24) is 9.38 Å². The second kappa shape index (κ2) is 7.11. The molecule has 0 aliphatic heterocycles. The van der Waals surface area contributed by atoms with E-state index in [0.29, 0.717) is 36.0 Å². The molecule has 0 N–H and O–H groups in total. The molecule has 0 fully saturated rings. The molecular weight excluding hydrogens is 268 g/mol. The minimum absolute atomic E-state index is 0.346. The van der Waals surface area contributed by atoms with E-state index >= 15 is 0 Å². The number of rotatable bonds is 7. The van der Waals surface area contributed by atoms with Gasteiger partial charge in [0.15, 0.2) is 17.1 Å². The number of imidazole rings is 1. The van der Waals surface area contributed by atoms with Crippen LogP contribution in [0, 0.1) is 6.92 Å². The van der Waals surface area contributed by atoms with Gasteiger partial charge in [-0.25, -0.2) is 9.78 Å². The molecule has 0 amide bonds. The van der Waals surface area contributed by atoms with Crippen molar-refractivity contribution in [3.05, 3.63) is 29.7 Å². The van der Waals surface area contributed by atoms with Gasteiger partial charge in [0.25, 0.3) is 0 Å². The average Bonchev–Trinajstić information content (AvgIpc) is 2.80. The van der Waals surface area contributed by atoms with E-state index in [1.165, 1.54) is 0 Å². The standard InChI is InChI=1S/C16H22N2O3/c1-4-6-7-11-21-13-9-8-10-18-14(16(19)20-5-2)12(3)17-15(13)18/h8-10H,4-7,11H2,1-3H3. The summed E-state index contributed by atoms with van der Waals surface area (Å²) >= 11 is 0. The van der Waals surface area contributed by atoms with Gasteiger partial charge < -0.3 is 9.47 Å². The third-order valence-electron chi connectivity index (χ3n) is 3.26. The van der Waals surface area contributed by atoms with Crippen molar-refractivity contribution in [1.29, 1.82) is 0 Å². The number of hydrogen-bond donors (Lipinski definition) is 0. The number of pyridine rings is 1. The normalized spacial score (nSPS) is 10.8. The van der Waals surface area contributed by atoms with E-state index < -0.39 is 0 Å². The molecule has 0 aromatic carbocycles. The third kappa shape index (κ3) is 3.35. The molecule has 0 atom stereocenters. The summed E-state index contributed by atoms with van der Waals surface area (Å²) < 4.78 is 12.6. The molecule has 0 aliphatic carbocycles. The van der Waals surface area contributed by atoms with Crippen molar-refractivity contribution in [3.8, 4) is 5.75 Å². The highest BCUT2D eigenvalue weighted by Crippen LogP contribution is 2.22. The van der Waals surface area contributed by atoms with Crippen LogP contribution < -0.4 is 4.74 Å². The summed E-state index contributed by atoms with van der Waals surface area (Å²) in [7, 11) is 0. The molecule has 0 spiro atoms. The zero-order valence-corrected chi connectivity index (χ0v) is 12.9. The van der Waals surface area contributed by atoms with Gasteiger partial charge in [-0.1, -0.05) is 19.8 Å². The first kappa shape index (κ1) is 15.4. The molecule has 0 aliphatic rings. The maximum Gasteiger partial charge on any atom is 0.357 e. The van der Waals surface area contributed by atoms with Crippen LogP contribution in [0.4, 0.5) is 0 Å². The summed E-state index contributed by atoms with van der Waals surface area (Å²) in [4.78, 5) is 16.5. The minimum atomic E-state index is -0.356. The number of aryl methyl sites for hydroxylation is 1. The molecule has 0 bridgehead atoms. The first-order chi connectivity index (χ1) is 10.2. The highest BCUT2D eigenvalue weighted by molar-refractivity contribution is 5.90. The minimum Gasteiger partial charge on any atom is -0.490 e. The van der Waals surface area contributed by atoms with Crippen molar-refractivity contribution in [2.75, 3.05) is 13.2 Å². The van der Waals surface area contributed by atoms with Crippen LogP contribution >= 0.6 is 0 Å². The Hall–Kier alpha value is -2.04. The summed E-state index contributed by atoms with van der Waals surface area (Å²) in [6, 6.07) is 3.73. The zero-order chi connectivity index (χ0) is 15.2. The molecule has 0 radical (unpaired) electrons. The van der Waals surface area contributed by atoms with Gasteiger partial charge >= 0.3 is 5.97 Å². The summed E-state index contributed by atoms with van der Waals surface area (Å²) in [6.07, 6.45) is 5.12. The topological polar surface area (TPSA) is 52.8 Å². The molecule has 0 saturated carbocycles. The van der Waals surface area contributed by atoms with E-state index in [0.717, 1.165) is 19.3 Å². The molecule has 2 rings (SSSR count). The van der Waals surface area contributed by atoms with Gasteiger partial charge in [-0.2, -0.15) is 0 Å². The van der Waals surface area contributed by atoms with Gasteiger partial charge in [-0.3, -0.25) is 4.40 Å². The molecule has 2 aromatic heterocycles. The first-order valence-electron chi connectivity index (χ1n) is 7.46. The third-order valence-corrected chi connectivity index (χ3v) is 3.26. The highest BCUT2D eigenvalue weighted by Gasteiger charge is 2.19. The molecule has 0 unspecified atom stereocenters. The van der Waals surface area contributed by atoms with E-state index in [-0.39, 0.29) is 5.97 Å². The van der Waals surface area contributed by atoms with Gasteiger partial charge in [-0.15, -0.1) is 0 Å². The molecule has 2 heterocycles. The largest absolute Gasteiger partial charge is 0.490 e. The number of ether oxygens (including phenoxy) is 2. The fourth-order valence-corrected chi connectivity index (χ4v) is 2.25. The lowest BCUT2D eigenvalue weighted by molar-refractivity contribution is 0.0517. The monoisotopic (exact) mass is 290 g/mol. The number of carbonyl (C=O) groups is 1. The van der Waals surface area contributed by atoms with Crippen molar-refractivity contribution in [2.45, 2.75) is 40.0 Å². The van der Waals surface area contributed by atoms with E-state index in [2.05, 4.69) is 11.9 Å². The van der Waals surface area contributed by atoms with Crippen LogP contribution in [0.1, 0.15) is 49.3 Å². The zero-order valence-electron chi connectivity index (χ0n) is 12.9. The number of unbranched alkanes of at least 4 members (excludes halogenated alkanes) is 2. The maximum absolute atomic E-state index is 12.0. The molecule has 0 saturated heterocycles. The van der Waals surface area contributed by atoms with Crippen molar-refractivity contribution < 1.29 is 14.3 Å². The van der Waals surface area contributed by atoms with Gasteiger partial charge in [0.05, 0.1) is 18.9 Å². The lowest BCUT2D eigenvalue weighted by atomic mass is 10.3. The number of fused-ring (bicyclic) bond motifs is 1. The Bertz CT molecular complexity index is 619. The Balaban J connectivity index is 2.29. The Morgan fingerprint density at radius 3 is 2.86 bits per heavy atom. The number of hydrogen-bond acceptors (Lipinski definition) is 4. The second-order valence-corrected chi connectivity index (χ2v) is 4.89. The van der Waals surface area contributed by atoms with Crippen LogP contribution in [0.15, 0.2) is 18.3 Å². The lowest BCUT2D eigenvalue weighted by Crippen LogP contribution is -2.09. The number of aromatic nitrogens is 2. The Morgan fingerprint density at radius 2 is 2.14 bits per heavy atom. The highest BCUT2D eigenvalue weighted by atomic mass is 16.5. The lowest BCUT2D eigenvalue weighted by Gasteiger charge is -2.07. The van der Waals surface area contributed by atoms with Crippen LogP contribution in [0.25, 0.3) is 5.65 Å². The summed E-state index contributed by atoms with van der Waals surface area (Å²) in [5.41, 5.74) is 1.78. The van der Waals surface area contributed by atoms with Gasteiger partial charge in [0.2, 0.25) is 0 Å². The average molecular weight is 290 g/mol. The molecular formula is C16H22N2O3. The van der Waals surface area contributed by atoms with Gasteiger partial charge in [-0.05, 0) is 32.4 Å². The number of carbonyl (C=O) groups excluding carboxylic acids is 1. The smallest absolute Gasteiger partial charge is 0.357 e. The summed E-state index contributed by atoms with van der Waals surface area (Å²) in [6.45, 7) is 6.76. The second-order valence-electron chi connectivity index (χ2n) is 4.89. The molecule has 2 aromatic rings. The quantitative estimate of drug-likeness (QED) is 0.579. The molecule has 114 valence electrons. The van der Waals surface area contributed by atoms with Crippen molar-refractivity contribution in [3.63, 3.8) is 0 Å². The summed E-state index contributed by atoms with van der Waals surface area (Å²) in [5.74, 6) is 0.345. The van der Waals surface area contributed by atoms with Gasteiger partial charge in [0, 0.05) is 6.20 Å². The maximum atomic E-state index is 12.0. The molecule has 21 heavy (non-hydrogen) atoms. The first-order valence-corrected chi connectivity index (χ1v) is 7.46. The fraction of sp³-hybridized carbons (Fsp3) is 0.500. The van der Waals surface area contributed by atoms with Gasteiger partial charge in [0.1, 0.15) is 0 Å². The van der Waals surface area contributed by atoms with E-state index in [4.69, 9.17) is 9.47 Å². The predicted octanol–water partition coefficient (Wildman–Crippen LogP) is 3.39. The van der Waals surface area contributed by atoms with Crippen molar-refractivity contribution in [2.24, 2.45) is 0 Å². The van der Waals surface area contributed by atoms with E-state index in [9.17, 15) is 4.79 Å². The Morgan fingerprint density at radius 1 is 1.33 bits per heavy atom. The number of nitrogens with zero attached hydrogens (tertiary/aromatic N) is 2. The van der Waals surface area contributed by atoms with Crippen LogP contribution in [-0.2, 0) is 4.74 Å². The van der Waals surface area contributed by atoms with Crippen LogP contribution in [-0.4, -0.2) is 28.6 Å². The Kier molecular flexibility index (Phi) is 5.20. The van der Waals surface area contributed by atoms with E-state index in [1.54, 1.807) is 24.4 Å². The van der Waals surface area contributed by atoms with Crippen LogP contribution in [0.2, 0.25) is 0 Å². The molecule has 5 heteroatoms. The summed E-state index contributed by atoms with van der Waals surface area (Å²) in [5, 5.41) is 0. The van der Waals surface area contributed by atoms with Crippen molar-refractivity contribution >= 4 is 11.6 Å². The number of esters is 1. The molecule has 5 nitrogen and oxygen atoms in total. The van der Waals surface area contributed by atoms with E-state index in [1.807, 2.05) is 12.1 Å². The predicted molar refractivity (Wildman–Crippen MR) is 80.9 cm³/mol. The fourth-order valence-electron chi connectivity index (χ4n) is 2.25. The Labute approximate surface area is 124 Å².